The Morgan fingerprint density at radius 3 is 2.80 bits per heavy atom. The van der Waals surface area contributed by atoms with Gasteiger partial charge in [-0.25, -0.2) is 4.98 Å². The predicted octanol–water partition coefficient (Wildman–Crippen LogP) is 1.28. The quantitative estimate of drug-likeness (QED) is 0.646. The van der Waals surface area contributed by atoms with Crippen molar-refractivity contribution in [3.63, 3.8) is 0 Å². The number of hydrogen-bond acceptors (Lipinski definition) is 6. The predicted molar refractivity (Wildman–Crippen MR) is 73.9 cm³/mol. The van der Waals surface area contributed by atoms with Crippen LogP contribution >= 0.6 is 0 Å². The zero-order valence-electron chi connectivity index (χ0n) is 11.5. The number of rotatable bonds is 5. The van der Waals surface area contributed by atoms with Gasteiger partial charge in [0.1, 0.15) is 12.0 Å². The zero-order chi connectivity index (χ0) is 14.5. The highest BCUT2D eigenvalue weighted by atomic mass is 16.6. The molecule has 0 aliphatic carbocycles. The smallest absolute Gasteiger partial charge is 0.287 e. The van der Waals surface area contributed by atoms with Crippen molar-refractivity contribution in [1.29, 1.82) is 0 Å². The van der Waals surface area contributed by atoms with E-state index in [-0.39, 0.29) is 18.4 Å². The van der Waals surface area contributed by atoms with Gasteiger partial charge < -0.3 is 14.7 Å². The topological polar surface area (TPSA) is 88.7 Å². The average molecular weight is 281 g/mol. The van der Waals surface area contributed by atoms with Crippen LogP contribution in [-0.2, 0) is 4.74 Å². The summed E-state index contributed by atoms with van der Waals surface area (Å²) in [6.07, 6.45) is 3.23. The van der Waals surface area contributed by atoms with Crippen LogP contribution in [0.25, 0.3) is 0 Å². The molecule has 1 aliphatic heterocycles. The number of aryl methyl sites for hydroxylation is 1. The van der Waals surface area contributed by atoms with Gasteiger partial charge in [0.25, 0.3) is 5.69 Å². The van der Waals surface area contributed by atoms with E-state index >= 15 is 0 Å². The Bertz CT molecular complexity index is 473. The fourth-order valence-corrected chi connectivity index (χ4v) is 2.44. The molecule has 7 nitrogen and oxygen atoms in total. The van der Waals surface area contributed by atoms with Crippen LogP contribution in [0.5, 0.6) is 0 Å². The lowest BCUT2D eigenvalue weighted by molar-refractivity contribution is -0.385. The first kappa shape index (κ1) is 14.7. The number of pyridine rings is 1. The third-order valence-electron chi connectivity index (χ3n) is 3.43. The van der Waals surface area contributed by atoms with Gasteiger partial charge in [-0.3, -0.25) is 10.1 Å². The Hall–Kier alpha value is -1.73. The number of nitro groups is 1. The van der Waals surface area contributed by atoms with Crippen LogP contribution in [0.15, 0.2) is 12.3 Å². The van der Waals surface area contributed by atoms with E-state index in [1.165, 1.54) is 6.20 Å². The van der Waals surface area contributed by atoms with Gasteiger partial charge in [0.05, 0.1) is 24.2 Å². The molecular weight excluding hydrogens is 262 g/mol. The summed E-state index contributed by atoms with van der Waals surface area (Å²) in [5.74, 6) is 0.802. The number of aromatic nitrogens is 1. The molecule has 20 heavy (non-hydrogen) atoms. The van der Waals surface area contributed by atoms with Crippen molar-refractivity contribution in [2.75, 3.05) is 31.2 Å². The summed E-state index contributed by atoms with van der Waals surface area (Å²) in [5, 5.41) is 19.4. The van der Waals surface area contributed by atoms with Gasteiger partial charge in [-0.1, -0.05) is 0 Å². The first-order valence-electron chi connectivity index (χ1n) is 6.70. The van der Waals surface area contributed by atoms with Crippen LogP contribution in [0.4, 0.5) is 11.5 Å². The summed E-state index contributed by atoms with van der Waals surface area (Å²) in [6.45, 7) is 3.87. The highest BCUT2D eigenvalue weighted by Gasteiger charge is 2.22. The molecule has 1 aliphatic rings. The average Bonchev–Trinajstić information content (AvgIpc) is 2.45. The van der Waals surface area contributed by atoms with Gasteiger partial charge in [-0.2, -0.15) is 0 Å². The minimum atomic E-state index is -0.432. The highest BCUT2D eigenvalue weighted by Crippen LogP contribution is 2.25. The largest absolute Gasteiger partial charge is 0.394 e. The van der Waals surface area contributed by atoms with Crippen LogP contribution in [0.3, 0.4) is 0 Å². The molecule has 1 saturated heterocycles. The molecule has 7 heteroatoms. The molecule has 0 atom stereocenters. The van der Waals surface area contributed by atoms with Crippen LogP contribution in [0.1, 0.15) is 18.4 Å². The summed E-state index contributed by atoms with van der Waals surface area (Å²) in [7, 11) is 0. The molecule has 2 heterocycles. The number of nitrogens with zero attached hydrogens (tertiary/aromatic N) is 3. The van der Waals surface area contributed by atoms with Crippen LogP contribution in [0.2, 0.25) is 0 Å². The molecule has 1 fully saturated rings. The minimum absolute atomic E-state index is 0.0208. The van der Waals surface area contributed by atoms with E-state index in [9.17, 15) is 10.1 Å². The van der Waals surface area contributed by atoms with E-state index < -0.39 is 4.92 Å². The van der Waals surface area contributed by atoms with E-state index in [0.717, 1.165) is 37.3 Å². The second-order valence-corrected chi connectivity index (χ2v) is 4.87. The molecule has 0 radical (unpaired) electrons. The maximum Gasteiger partial charge on any atom is 0.287 e. The number of ether oxygens (including phenoxy) is 1. The number of anilines is 1. The second-order valence-electron chi connectivity index (χ2n) is 4.87. The summed E-state index contributed by atoms with van der Waals surface area (Å²) >= 11 is 0. The van der Waals surface area contributed by atoms with Gasteiger partial charge >= 0.3 is 0 Å². The molecule has 0 spiro atoms. The van der Waals surface area contributed by atoms with Crippen molar-refractivity contribution < 1.29 is 14.8 Å². The third-order valence-corrected chi connectivity index (χ3v) is 3.43. The lowest BCUT2D eigenvalue weighted by Gasteiger charge is -2.33. The van der Waals surface area contributed by atoms with Crippen LogP contribution in [-0.4, -0.2) is 47.4 Å². The molecule has 0 bridgehead atoms. The van der Waals surface area contributed by atoms with E-state index in [4.69, 9.17) is 9.84 Å². The molecule has 0 amide bonds. The first-order chi connectivity index (χ1) is 9.61. The fraction of sp³-hybridized carbons (Fsp3) is 0.615. The minimum Gasteiger partial charge on any atom is -0.394 e. The van der Waals surface area contributed by atoms with Crippen molar-refractivity contribution in [2.45, 2.75) is 25.9 Å². The number of piperidine rings is 1. The molecule has 0 unspecified atom stereocenters. The Balaban J connectivity index is 1.98. The van der Waals surface area contributed by atoms with E-state index in [1.807, 2.05) is 6.92 Å². The van der Waals surface area contributed by atoms with Gasteiger partial charge in [0, 0.05) is 19.2 Å². The molecule has 2 rings (SSSR count). The van der Waals surface area contributed by atoms with Crippen molar-refractivity contribution >= 4 is 11.5 Å². The molecule has 110 valence electrons. The highest BCUT2D eigenvalue weighted by molar-refractivity contribution is 5.50. The lowest BCUT2D eigenvalue weighted by Crippen LogP contribution is -2.38. The van der Waals surface area contributed by atoms with Crippen molar-refractivity contribution in [2.24, 2.45) is 0 Å². The molecular formula is C13H19N3O4. The molecule has 1 aromatic heterocycles. The Kier molecular flexibility index (Phi) is 4.86. The Morgan fingerprint density at radius 2 is 2.25 bits per heavy atom. The van der Waals surface area contributed by atoms with Crippen molar-refractivity contribution in [3.05, 3.63) is 27.9 Å². The number of aliphatic hydroxyl groups is 1. The van der Waals surface area contributed by atoms with Gasteiger partial charge in [-0.15, -0.1) is 0 Å². The van der Waals surface area contributed by atoms with Crippen molar-refractivity contribution in [3.8, 4) is 0 Å². The summed E-state index contributed by atoms with van der Waals surface area (Å²) in [5.41, 5.74) is 0.835. The number of aliphatic hydroxyl groups excluding tert-OH is 1. The third kappa shape index (κ3) is 3.43. The van der Waals surface area contributed by atoms with Crippen LogP contribution < -0.4 is 4.90 Å². The maximum absolute atomic E-state index is 10.7. The Morgan fingerprint density at radius 1 is 1.55 bits per heavy atom. The summed E-state index contributed by atoms with van der Waals surface area (Å²) in [4.78, 5) is 16.6. The number of hydrogen-bond donors (Lipinski definition) is 1. The molecule has 1 N–H and O–H groups in total. The second kappa shape index (κ2) is 6.62. The van der Waals surface area contributed by atoms with Gasteiger partial charge in [0.2, 0.25) is 0 Å². The van der Waals surface area contributed by atoms with E-state index in [2.05, 4.69) is 9.88 Å². The Labute approximate surface area is 117 Å². The lowest BCUT2D eigenvalue weighted by atomic mass is 10.1. The van der Waals surface area contributed by atoms with Crippen molar-refractivity contribution in [1.82, 2.24) is 4.98 Å². The SMILES string of the molecule is Cc1cc([N+](=O)[O-])cnc1N1CCC(OCCO)CC1. The molecule has 0 aromatic carbocycles. The fourth-order valence-electron chi connectivity index (χ4n) is 2.44. The van der Waals surface area contributed by atoms with E-state index in [0.29, 0.717) is 6.61 Å². The molecule has 1 aromatic rings. The first-order valence-corrected chi connectivity index (χ1v) is 6.70. The summed E-state index contributed by atoms with van der Waals surface area (Å²) < 4.78 is 5.51. The zero-order valence-corrected chi connectivity index (χ0v) is 11.5. The van der Waals surface area contributed by atoms with Gasteiger partial charge in [-0.05, 0) is 25.3 Å². The standard InChI is InChI=1S/C13H19N3O4/c1-10-8-11(16(18)19)9-14-13(10)15-4-2-12(3-5-15)20-7-6-17/h8-9,12,17H,2-7H2,1H3. The summed E-state index contributed by atoms with van der Waals surface area (Å²) in [6, 6.07) is 1.55. The van der Waals surface area contributed by atoms with Gasteiger partial charge in [0.15, 0.2) is 0 Å². The van der Waals surface area contributed by atoms with Crippen LogP contribution in [0, 0.1) is 17.0 Å². The monoisotopic (exact) mass is 281 g/mol. The maximum atomic E-state index is 10.7. The normalized spacial score (nSPS) is 16.4. The molecule has 0 saturated carbocycles. The van der Waals surface area contributed by atoms with E-state index in [1.54, 1.807) is 6.07 Å².